The molecular formula is C15H13ClN2S. The molecule has 0 bridgehead atoms. The van der Waals surface area contributed by atoms with Crippen LogP contribution in [0.3, 0.4) is 0 Å². The van der Waals surface area contributed by atoms with Crippen molar-refractivity contribution in [2.75, 3.05) is 5.75 Å². The van der Waals surface area contributed by atoms with Crippen LogP contribution < -0.4 is 5.73 Å². The van der Waals surface area contributed by atoms with Gasteiger partial charge in [0.2, 0.25) is 0 Å². The zero-order valence-corrected chi connectivity index (χ0v) is 11.8. The summed E-state index contributed by atoms with van der Waals surface area (Å²) in [6.07, 6.45) is 0. The minimum absolute atomic E-state index is 0.480. The average molecular weight is 289 g/mol. The molecule has 96 valence electrons. The van der Waals surface area contributed by atoms with Gasteiger partial charge in [0.1, 0.15) is 5.54 Å². The Morgan fingerprint density at radius 1 is 1.16 bits per heavy atom. The van der Waals surface area contributed by atoms with E-state index in [1.807, 2.05) is 54.6 Å². The van der Waals surface area contributed by atoms with Crippen molar-refractivity contribution < 1.29 is 0 Å². The zero-order valence-electron chi connectivity index (χ0n) is 10.2. The molecule has 0 saturated carbocycles. The highest BCUT2D eigenvalue weighted by Crippen LogP contribution is 2.28. The maximum absolute atomic E-state index is 9.36. The third-order valence-corrected chi connectivity index (χ3v) is 4.17. The van der Waals surface area contributed by atoms with E-state index in [1.54, 1.807) is 0 Å². The molecule has 2 aromatic rings. The van der Waals surface area contributed by atoms with Crippen LogP contribution >= 0.6 is 23.4 Å². The van der Waals surface area contributed by atoms with Crippen molar-refractivity contribution in [1.82, 2.24) is 0 Å². The molecule has 1 atom stereocenters. The number of hydrogen-bond donors (Lipinski definition) is 1. The van der Waals surface area contributed by atoms with Gasteiger partial charge >= 0.3 is 0 Å². The minimum atomic E-state index is -0.992. The van der Waals surface area contributed by atoms with E-state index in [-0.39, 0.29) is 0 Å². The van der Waals surface area contributed by atoms with Gasteiger partial charge < -0.3 is 5.73 Å². The van der Waals surface area contributed by atoms with E-state index in [2.05, 4.69) is 6.07 Å². The summed E-state index contributed by atoms with van der Waals surface area (Å²) < 4.78 is 0. The molecule has 2 nitrogen and oxygen atoms in total. The highest BCUT2D eigenvalue weighted by atomic mass is 35.5. The van der Waals surface area contributed by atoms with Crippen LogP contribution in [0.4, 0.5) is 0 Å². The van der Waals surface area contributed by atoms with E-state index in [9.17, 15) is 5.26 Å². The fourth-order valence-electron chi connectivity index (χ4n) is 1.67. The number of hydrogen-bond acceptors (Lipinski definition) is 3. The Bertz CT molecular complexity index is 595. The zero-order chi connectivity index (χ0) is 13.7. The second kappa shape index (κ2) is 6.12. The lowest BCUT2D eigenvalue weighted by atomic mass is 9.95. The predicted octanol–water partition coefficient (Wildman–Crippen LogP) is 3.81. The summed E-state index contributed by atoms with van der Waals surface area (Å²) in [7, 11) is 0. The molecule has 0 aliphatic rings. The molecule has 0 amide bonds. The molecule has 2 rings (SSSR count). The average Bonchev–Trinajstić information content (AvgIpc) is 2.46. The van der Waals surface area contributed by atoms with Gasteiger partial charge in [0.15, 0.2) is 0 Å². The number of nitrogens with zero attached hydrogens (tertiary/aromatic N) is 1. The lowest BCUT2D eigenvalue weighted by Crippen LogP contribution is -2.37. The van der Waals surface area contributed by atoms with E-state index >= 15 is 0 Å². The summed E-state index contributed by atoms with van der Waals surface area (Å²) in [5.74, 6) is 0.480. The fraction of sp³-hybridized carbons (Fsp3) is 0.133. The Balaban J connectivity index is 2.14. The first-order valence-corrected chi connectivity index (χ1v) is 7.14. The largest absolute Gasteiger partial charge is 0.309 e. The van der Waals surface area contributed by atoms with Gasteiger partial charge in [-0.2, -0.15) is 5.26 Å². The van der Waals surface area contributed by atoms with E-state index in [4.69, 9.17) is 17.3 Å². The number of rotatable bonds is 4. The van der Waals surface area contributed by atoms with Crippen LogP contribution in [-0.4, -0.2) is 5.75 Å². The smallest absolute Gasteiger partial charge is 0.139 e. The summed E-state index contributed by atoms with van der Waals surface area (Å²) in [5, 5.41) is 10.0. The van der Waals surface area contributed by atoms with E-state index in [0.717, 1.165) is 10.5 Å². The molecule has 19 heavy (non-hydrogen) atoms. The molecule has 0 radical (unpaired) electrons. The molecule has 0 fully saturated rings. The fourth-order valence-corrected chi connectivity index (χ4v) is 2.94. The summed E-state index contributed by atoms with van der Waals surface area (Å²) in [4.78, 5) is 1.01. The van der Waals surface area contributed by atoms with Crippen molar-refractivity contribution in [2.45, 2.75) is 10.4 Å². The molecule has 4 heteroatoms. The second-order valence-corrected chi connectivity index (χ2v) is 5.68. The molecule has 1 unspecified atom stereocenters. The lowest BCUT2D eigenvalue weighted by Gasteiger charge is -2.21. The highest BCUT2D eigenvalue weighted by molar-refractivity contribution is 7.99. The number of nitriles is 1. The first-order chi connectivity index (χ1) is 9.14. The van der Waals surface area contributed by atoms with Gasteiger partial charge in [0, 0.05) is 15.7 Å². The van der Waals surface area contributed by atoms with Crippen molar-refractivity contribution in [3.63, 3.8) is 0 Å². The van der Waals surface area contributed by atoms with Crippen LogP contribution in [0, 0.1) is 11.3 Å². The van der Waals surface area contributed by atoms with Gasteiger partial charge in [-0.05, 0) is 23.8 Å². The van der Waals surface area contributed by atoms with E-state index in [1.165, 1.54) is 11.8 Å². The number of nitrogens with two attached hydrogens (primary N) is 1. The Morgan fingerprint density at radius 2 is 1.89 bits per heavy atom. The monoisotopic (exact) mass is 288 g/mol. The quantitative estimate of drug-likeness (QED) is 0.870. The van der Waals surface area contributed by atoms with Gasteiger partial charge in [-0.25, -0.2) is 0 Å². The topological polar surface area (TPSA) is 49.8 Å². The summed E-state index contributed by atoms with van der Waals surface area (Å²) in [6.45, 7) is 0. The maximum Gasteiger partial charge on any atom is 0.139 e. The molecule has 2 N–H and O–H groups in total. The highest BCUT2D eigenvalue weighted by Gasteiger charge is 2.27. The molecule has 0 aromatic heterocycles. The minimum Gasteiger partial charge on any atom is -0.309 e. The van der Waals surface area contributed by atoms with Crippen LogP contribution in [0.5, 0.6) is 0 Å². The molecule has 2 aromatic carbocycles. The second-order valence-electron chi connectivity index (χ2n) is 4.20. The molecule has 0 aliphatic carbocycles. The molecule has 0 aliphatic heterocycles. The number of benzene rings is 2. The summed E-state index contributed by atoms with van der Waals surface area (Å²) in [5.41, 5.74) is 6.02. The van der Waals surface area contributed by atoms with Crippen LogP contribution in [0.2, 0.25) is 5.02 Å². The van der Waals surface area contributed by atoms with Crippen LogP contribution in [-0.2, 0) is 5.54 Å². The van der Waals surface area contributed by atoms with Gasteiger partial charge in [0.25, 0.3) is 0 Å². The Morgan fingerprint density at radius 3 is 2.53 bits per heavy atom. The maximum atomic E-state index is 9.36. The Kier molecular flexibility index (Phi) is 4.49. The third-order valence-electron chi connectivity index (χ3n) is 2.75. The van der Waals surface area contributed by atoms with Gasteiger partial charge in [0.05, 0.1) is 6.07 Å². The summed E-state index contributed by atoms with van der Waals surface area (Å²) in [6, 6.07) is 19.2. The van der Waals surface area contributed by atoms with Gasteiger partial charge in [-0.15, -0.1) is 11.8 Å². The van der Waals surface area contributed by atoms with Gasteiger partial charge in [-0.1, -0.05) is 48.0 Å². The third kappa shape index (κ3) is 3.51. The molecule has 0 saturated heterocycles. The molecule has 0 spiro atoms. The van der Waals surface area contributed by atoms with Crippen LogP contribution in [0.1, 0.15) is 5.56 Å². The first kappa shape index (κ1) is 14.0. The Hall–Kier alpha value is -1.47. The van der Waals surface area contributed by atoms with Crippen LogP contribution in [0.25, 0.3) is 0 Å². The van der Waals surface area contributed by atoms with Crippen molar-refractivity contribution in [3.05, 3.63) is 65.2 Å². The first-order valence-electron chi connectivity index (χ1n) is 5.78. The predicted molar refractivity (Wildman–Crippen MR) is 80.1 cm³/mol. The van der Waals surface area contributed by atoms with E-state index in [0.29, 0.717) is 10.8 Å². The van der Waals surface area contributed by atoms with Crippen molar-refractivity contribution in [3.8, 4) is 6.07 Å². The van der Waals surface area contributed by atoms with Crippen molar-refractivity contribution in [2.24, 2.45) is 5.73 Å². The molecular weight excluding hydrogens is 276 g/mol. The van der Waals surface area contributed by atoms with Crippen molar-refractivity contribution >= 4 is 23.4 Å². The van der Waals surface area contributed by atoms with Crippen LogP contribution in [0.15, 0.2) is 59.5 Å². The summed E-state index contributed by atoms with van der Waals surface area (Å²) >= 11 is 7.47. The Labute approximate surface area is 122 Å². The number of thioether (sulfide) groups is 1. The van der Waals surface area contributed by atoms with Gasteiger partial charge in [-0.3, -0.25) is 0 Å². The lowest BCUT2D eigenvalue weighted by molar-refractivity contribution is 0.659. The standard InChI is InChI=1S/C15H13ClN2S/c16-13-7-4-8-14(9-13)19-11-15(18,10-17)12-5-2-1-3-6-12/h1-9H,11,18H2. The molecule has 0 heterocycles. The van der Waals surface area contributed by atoms with Crippen molar-refractivity contribution in [1.29, 1.82) is 5.26 Å². The normalized spacial score (nSPS) is 13.5. The SMILES string of the molecule is N#CC(N)(CSc1cccc(Cl)c1)c1ccccc1. The number of halogens is 1. The van der Waals surface area contributed by atoms with E-state index < -0.39 is 5.54 Å².